The van der Waals surface area contributed by atoms with Crippen molar-refractivity contribution in [2.45, 2.75) is 37.8 Å². The molecule has 2 saturated heterocycles. The summed E-state index contributed by atoms with van der Waals surface area (Å²) in [6, 6.07) is 6.37. The fourth-order valence-corrected chi connectivity index (χ4v) is 3.98. The summed E-state index contributed by atoms with van der Waals surface area (Å²) in [5, 5.41) is 19.2. The van der Waals surface area contributed by atoms with Crippen molar-refractivity contribution in [1.82, 2.24) is 15.2 Å². The lowest BCUT2D eigenvalue weighted by Gasteiger charge is -2.60. The van der Waals surface area contributed by atoms with E-state index in [0.29, 0.717) is 11.3 Å². The van der Waals surface area contributed by atoms with Crippen LogP contribution in [-0.2, 0) is 0 Å². The van der Waals surface area contributed by atoms with Crippen molar-refractivity contribution in [3.63, 3.8) is 0 Å². The zero-order chi connectivity index (χ0) is 19.7. The molecular formula is C21H24FN4O2-. The Morgan fingerprint density at radius 1 is 1.32 bits per heavy atom. The zero-order valence-electron chi connectivity index (χ0n) is 15.9. The average molecular weight is 383 g/mol. The second-order valence-electron chi connectivity index (χ2n) is 7.76. The van der Waals surface area contributed by atoms with Gasteiger partial charge < -0.3 is 20.6 Å². The molecule has 2 N–H and O–H groups in total. The Morgan fingerprint density at radius 2 is 2.14 bits per heavy atom. The molecule has 1 amide bonds. The number of pyridine rings is 1. The quantitative estimate of drug-likeness (QED) is 0.844. The van der Waals surface area contributed by atoms with Crippen molar-refractivity contribution in [2.24, 2.45) is 0 Å². The molecule has 148 valence electrons. The topological polar surface area (TPSA) is 80.3 Å². The Bertz CT molecular complexity index is 876. The predicted octanol–water partition coefficient (Wildman–Crippen LogP) is 1.97. The molecule has 7 heteroatoms. The monoisotopic (exact) mass is 383 g/mol. The second kappa shape index (κ2) is 7.48. The van der Waals surface area contributed by atoms with E-state index in [4.69, 9.17) is 0 Å². The van der Waals surface area contributed by atoms with Gasteiger partial charge in [-0.2, -0.15) is 0 Å². The molecule has 0 radical (unpaired) electrons. The number of amides is 1. The van der Waals surface area contributed by atoms with Gasteiger partial charge in [0.25, 0.3) is 5.91 Å². The van der Waals surface area contributed by atoms with Gasteiger partial charge in [-0.3, -0.25) is 9.78 Å². The third kappa shape index (κ3) is 3.59. The third-order valence-electron chi connectivity index (χ3n) is 5.59. The standard InChI is InChI=1S/C21H24FN4O2/c1-14-5-6-17(16(22)10-14)25-18-11-23-9-7-15(18)20(27)26-12-21(28,13-26)19-4-2-3-8-24-19/h5-7,9-11,19,24-25H,2-4,8,12-13H2,1H3/q-1/t19-/m0/s1. The molecule has 0 saturated carbocycles. The number of piperidine rings is 1. The Labute approximate surface area is 163 Å². The summed E-state index contributed by atoms with van der Waals surface area (Å²) in [5.74, 6) is -0.632. The van der Waals surface area contributed by atoms with Crippen LogP contribution in [0.1, 0.15) is 35.2 Å². The fraction of sp³-hybridized carbons (Fsp3) is 0.429. The van der Waals surface area contributed by atoms with E-state index in [-0.39, 0.29) is 30.7 Å². The van der Waals surface area contributed by atoms with E-state index in [2.05, 4.69) is 15.6 Å². The van der Waals surface area contributed by atoms with Crippen LogP contribution in [0.15, 0.2) is 36.7 Å². The number of aryl methyl sites for hydroxylation is 1. The maximum Gasteiger partial charge on any atom is 0.256 e. The Balaban J connectivity index is 1.48. The molecule has 4 rings (SSSR count). The lowest BCUT2D eigenvalue weighted by atomic mass is 9.81. The van der Waals surface area contributed by atoms with E-state index < -0.39 is 11.4 Å². The zero-order valence-corrected chi connectivity index (χ0v) is 15.9. The first-order chi connectivity index (χ1) is 13.5. The molecule has 2 fully saturated rings. The first-order valence-corrected chi connectivity index (χ1v) is 9.66. The summed E-state index contributed by atoms with van der Waals surface area (Å²) < 4.78 is 14.2. The van der Waals surface area contributed by atoms with Gasteiger partial charge in [0.2, 0.25) is 0 Å². The van der Waals surface area contributed by atoms with Crippen molar-refractivity contribution in [3.8, 4) is 0 Å². The summed E-state index contributed by atoms with van der Waals surface area (Å²) in [6.07, 6.45) is 6.03. The van der Waals surface area contributed by atoms with Gasteiger partial charge in [0, 0.05) is 25.3 Å². The summed E-state index contributed by atoms with van der Waals surface area (Å²) in [4.78, 5) is 18.6. The first-order valence-electron chi connectivity index (χ1n) is 9.66. The number of hydrogen-bond donors (Lipinski definition) is 2. The molecular weight excluding hydrogens is 359 g/mol. The van der Waals surface area contributed by atoms with E-state index >= 15 is 0 Å². The maximum atomic E-state index is 14.2. The number of carbonyl (C=O) groups excluding carboxylic acids is 1. The minimum Gasteiger partial charge on any atom is -0.846 e. The molecule has 1 aromatic carbocycles. The van der Waals surface area contributed by atoms with Crippen molar-refractivity contribution < 1.29 is 14.3 Å². The highest BCUT2D eigenvalue weighted by atomic mass is 19.1. The summed E-state index contributed by atoms with van der Waals surface area (Å²) in [6.45, 7) is 3.05. The van der Waals surface area contributed by atoms with Crippen LogP contribution in [0.5, 0.6) is 0 Å². The lowest BCUT2D eigenvalue weighted by molar-refractivity contribution is -0.508. The molecule has 2 aliphatic rings. The molecule has 1 aromatic heterocycles. The van der Waals surface area contributed by atoms with Gasteiger partial charge in [-0.25, -0.2) is 4.39 Å². The lowest BCUT2D eigenvalue weighted by Crippen LogP contribution is -2.78. The highest BCUT2D eigenvalue weighted by Gasteiger charge is 2.42. The largest absolute Gasteiger partial charge is 0.846 e. The molecule has 0 bridgehead atoms. The maximum absolute atomic E-state index is 14.2. The third-order valence-corrected chi connectivity index (χ3v) is 5.59. The number of halogens is 1. The smallest absolute Gasteiger partial charge is 0.256 e. The van der Waals surface area contributed by atoms with Crippen LogP contribution >= 0.6 is 0 Å². The van der Waals surface area contributed by atoms with E-state index in [1.807, 2.05) is 6.92 Å². The van der Waals surface area contributed by atoms with Crippen LogP contribution in [0.4, 0.5) is 15.8 Å². The van der Waals surface area contributed by atoms with E-state index in [9.17, 15) is 14.3 Å². The van der Waals surface area contributed by atoms with Crippen LogP contribution in [0.3, 0.4) is 0 Å². The van der Waals surface area contributed by atoms with Gasteiger partial charge in [-0.05, 0) is 50.1 Å². The van der Waals surface area contributed by atoms with Gasteiger partial charge in [0.05, 0.1) is 23.1 Å². The Hall–Kier alpha value is -2.51. The van der Waals surface area contributed by atoms with Gasteiger partial charge in [0.1, 0.15) is 5.82 Å². The minimum absolute atomic E-state index is 0.0815. The van der Waals surface area contributed by atoms with Crippen LogP contribution in [0.2, 0.25) is 0 Å². The Morgan fingerprint density at radius 3 is 2.86 bits per heavy atom. The number of benzene rings is 1. The highest BCUT2D eigenvalue weighted by Crippen LogP contribution is 2.30. The van der Waals surface area contributed by atoms with Gasteiger partial charge in [0.15, 0.2) is 0 Å². The number of likely N-dealkylation sites (tertiary alicyclic amines) is 1. The predicted molar refractivity (Wildman–Crippen MR) is 103 cm³/mol. The fourth-order valence-electron chi connectivity index (χ4n) is 3.98. The van der Waals surface area contributed by atoms with Crippen LogP contribution < -0.4 is 15.7 Å². The number of nitrogens with one attached hydrogen (secondary N) is 2. The van der Waals surface area contributed by atoms with E-state index in [1.165, 1.54) is 18.5 Å². The number of nitrogens with zero attached hydrogens (tertiary/aromatic N) is 2. The van der Waals surface area contributed by atoms with Crippen molar-refractivity contribution in [3.05, 3.63) is 53.6 Å². The number of aromatic nitrogens is 1. The Kier molecular flexibility index (Phi) is 5.03. The van der Waals surface area contributed by atoms with Gasteiger partial charge in [-0.1, -0.05) is 18.1 Å². The van der Waals surface area contributed by atoms with Crippen LogP contribution in [-0.4, -0.2) is 47.1 Å². The minimum atomic E-state index is -1.13. The summed E-state index contributed by atoms with van der Waals surface area (Å²) in [7, 11) is 0. The summed E-state index contributed by atoms with van der Waals surface area (Å²) in [5.41, 5.74) is 0.776. The average Bonchev–Trinajstić information content (AvgIpc) is 2.68. The molecule has 2 aromatic rings. The van der Waals surface area contributed by atoms with Gasteiger partial charge >= 0.3 is 0 Å². The molecule has 0 unspecified atom stereocenters. The van der Waals surface area contributed by atoms with Crippen molar-refractivity contribution in [2.75, 3.05) is 25.0 Å². The number of anilines is 2. The molecule has 6 nitrogen and oxygen atoms in total. The number of rotatable bonds is 4. The number of carbonyl (C=O) groups is 1. The second-order valence-corrected chi connectivity index (χ2v) is 7.76. The van der Waals surface area contributed by atoms with Crippen LogP contribution in [0.25, 0.3) is 0 Å². The summed E-state index contributed by atoms with van der Waals surface area (Å²) >= 11 is 0. The highest BCUT2D eigenvalue weighted by molar-refractivity contribution is 6.00. The molecule has 1 atom stereocenters. The molecule has 28 heavy (non-hydrogen) atoms. The SMILES string of the molecule is Cc1ccc(Nc2cnccc2C(=O)N2CC([O-])([C@@H]3CCCCN3)C2)c(F)c1. The van der Waals surface area contributed by atoms with E-state index in [0.717, 1.165) is 31.4 Å². The number of hydrogen-bond acceptors (Lipinski definition) is 5. The molecule has 0 aliphatic carbocycles. The van der Waals surface area contributed by atoms with Crippen molar-refractivity contribution in [1.29, 1.82) is 0 Å². The van der Waals surface area contributed by atoms with Gasteiger partial charge in [-0.15, -0.1) is 0 Å². The molecule has 0 spiro atoms. The molecule has 2 aliphatic heterocycles. The normalized spacial score (nSPS) is 21.1. The molecule has 3 heterocycles. The first kappa shape index (κ1) is 18.8. The van der Waals surface area contributed by atoms with Crippen molar-refractivity contribution >= 4 is 17.3 Å². The van der Waals surface area contributed by atoms with Crippen LogP contribution in [0, 0.1) is 12.7 Å². The van der Waals surface area contributed by atoms with E-state index in [1.54, 1.807) is 23.1 Å².